The number of aryl methyl sites for hydroxylation is 1. The zero-order valence-corrected chi connectivity index (χ0v) is 10.7. The fourth-order valence-corrected chi connectivity index (χ4v) is 2.32. The van der Waals surface area contributed by atoms with Gasteiger partial charge in [0, 0.05) is 5.56 Å². The van der Waals surface area contributed by atoms with Gasteiger partial charge in [-0.3, -0.25) is 0 Å². The summed E-state index contributed by atoms with van der Waals surface area (Å²) in [5.41, 5.74) is 8.21. The molecule has 1 aromatic carbocycles. The van der Waals surface area contributed by atoms with Gasteiger partial charge in [0.1, 0.15) is 13.2 Å². The molecule has 1 heterocycles. The normalized spacial score (nSPS) is 14.1. The third kappa shape index (κ3) is 2.55. The molecule has 2 N–H and O–H groups in total. The quantitative estimate of drug-likeness (QED) is 0.872. The summed E-state index contributed by atoms with van der Waals surface area (Å²) < 4.78 is 11.4. The summed E-state index contributed by atoms with van der Waals surface area (Å²) in [6.45, 7) is 6.41. The smallest absolute Gasteiger partial charge is 0.165 e. The zero-order chi connectivity index (χ0) is 12.3. The van der Waals surface area contributed by atoms with Crippen LogP contribution >= 0.6 is 0 Å². The first-order valence-electron chi connectivity index (χ1n) is 6.35. The molecule has 0 spiro atoms. The van der Waals surface area contributed by atoms with Gasteiger partial charge in [-0.15, -0.1) is 0 Å². The molecule has 0 aromatic heterocycles. The number of hydrogen-bond donors (Lipinski definition) is 1. The van der Waals surface area contributed by atoms with E-state index in [1.165, 1.54) is 11.1 Å². The first kappa shape index (κ1) is 12.2. The largest absolute Gasteiger partial charge is 0.486 e. The van der Waals surface area contributed by atoms with Crippen molar-refractivity contribution >= 4 is 0 Å². The van der Waals surface area contributed by atoms with E-state index in [2.05, 4.69) is 19.9 Å². The molecule has 0 saturated carbocycles. The van der Waals surface area contributed by atoms with Crippen LogP contribution in [0.2, 0.25) is 0 Å². The minimum absolute atomic E-state index is 0.444. The van der Waals surface area contributed by atoms with Gasteiger partial charge in [-0.25, -0.2) is 0 Å². The van der Waals surface area contributed by atoms with Crippen LogP contribution in [0.5, 0.6) is 11.5 Å². The molecule has 0 radical (unpaired) electrons. The predicted octanol–water partition coefficient (Wildman–Crippen LogP) is 2.47. The van der Waals surface area contributed by atoms with Crippen molar-refractivity contribution in [3.8, 4) is 11.5 Å². The van der Waals surface area contributed by atoms with Gasteiger partial charge < -0.3 is 15.2 Å². The molecule has 1 aliphatic heterocycles. The molecular weight excluding hydrogens is 214 g/mol. The Labute approximate surface area is 103 Å². The van der Waals surface area contributed by atoms with E-state index in [0.29, 0.717) is 19.1 Å². The van der Waals surface area contributed by atoms with E-state index in [9.17, 15) is 0 Å². The van der Waals surface area contributed by atoms with Crippen LogP contribution in [0.15, 0.2) is 12.1 Å². The van der Waals surface area contributed by atoms with E-state index >= 15 is 0 Å². The molecule has 1 aliphatic rings. The molecule has 0 atom stereocenters. The maximum absolute atomic E-state index is 5.78. The van der Waals surface area contributed by atoms with E-state index in [0.717, 1.165) is 30.9 Å². The van der Waals surface area contributed by atoms with E-state index in [4.69, 9.17) is 15.2 Å². The van der Waals surface area contributed by atoms with Crippen molar-refractivity contribution in [3.63, 3.8) is 0 Å². The average molecular weight is 235 g/mol. The summed E-state index contributed by atoms with van der Waals surface area (Å²) in [6.07, 6.45) is 2.03. The van der Waals surface area contributed by atoms with Gasteiger partial charge in [-0.2, -0.15) is 0 Å². The summed E-state index contributed by atoms with van der Waals surface area (Å²) >= 11 is 0. The van der Waals surface area contributed by atoms with E-state index in [-0.39, 0.29) is 0 Å². The second-order valence-corrected chi connectivity index (χ2v) is 4.71. The first-order chi connectivity index (χ1) is 8.24. The second-order valence-electron chi connectivity index (χ2n) is 4.71. The summed E-state index contributed by atoms with van der Waals surface area (Å²) in [5, 5.41) is 0. The second kappa shape index (κ2) is 5.41. The summed E-state index contributed by atoms with van der Waals surface area (Å²) in [4.78, 5) is 0. The Balaban J connectivity index is 2.38. The Bertz CT molecular complexity index is 388. The van der Waals surface area contributed by atoms with Gasteiger partial charge in [0.25, 0.3) is 0 Å². The molecule has 0 fully saturated rings. The van der Waals surface area contributed by atoms with Crippen LogP contribution in [-0.2, 0) is 6.42 Å². The number of nitrogens with two attached hydrogens (primary N) is 1. The van der Waals surface area contributed by atoms with E-state index < -0.39 is 0 Å². The highest BCUT2D eigenvalue weighted by molar-refractivity contribution is 5.53. The Morgan fingerprint density at radius 3 is 2.71 bits per heavy atom. The number of ether oxygens (including phenoxy) is 2. The standard InChI is InChI=1S/C14H21NO2/c1-10(2)13-11(4-3-7-15)5-6-12-14(13)17-9-8-16-12/h5-6,10H,3-4,7-9,15H2,1-2H3. The highest BCUT2D eigenvalue weighted by Crippen LogP contribution is 2.40. The van der Waals surface area contributed by atoms with Crippen LogP contribution in [-0.4, -0.2) is 19.8 Å². The Morgan fingerprint density at radius 2 is 2.00 bits per heavy atom. The molecule has 0 aliphatic carbocycles. The van der Waals surface area contributed by atoms with Crippen LogP contribution in [0.1, 0.15) is 37.3 Å². The van der Waals surface area contributed by atoms with Crippen molar-refractivity contribution in [2.45, 2.75) is 32.6 Å². The molecule has 1 aromatic rings. The lowest BCUT2D eigenvalue weighted by atomic mass is 9.92. The summed E-state index contributed by atoms with van der Waals surface area (Å²) in [5.74, 6) is 2.27. The minimum Gasteiger partial charge on any atom is -0.486 e. The summed E-state index contributed by atoms with van der Waals surface area (Å²) in [6, 6.07) is 4.17. The Hall–Kier alpha value is -1.22. The van der Waals surface area contributed by atoms with E-state index in [1.807, 2.05) is 6.07 Å². The first-order valence-corrected chi connectivity index (χ1v) is 6.35. The number of benzene rings is 1. The van der Waals surface area contributed by atoms with Crippen LogP contribution in [0, 0.1) is 0 Å². The van der Waals surface area contributed by atoms with Gasteiger partial charge in [-0.1, -0.05) is 19.9 Å². The van der Waals surface area contributed by atoms with Gasteiger partial charge in [0.2, 0.25) is 0 Å². The predicted molar refractivity (Wildman–Crippen MR) is 68.9 cm³/mol. The van der Waals surface area contributed by atoms with Gasteiger partial charge in [-0.05, 0) is 36.9 Å². The molecule has 94 valence electrons. The monoisotopic (exact) mass is 235 g/mol. The van der Waals surface area contributed by atoms with Crippen LogP contribution in [0.3, 0.4) is 0 Å². The lowest BCUT2D eigenvalue weighted by Crippen LogP contribution is -2.18. The highest BCUT2D eigenvalue weighted by atomic mass is 16.6. The van der Waals surface area contributed by atoms with Gasteiger partial charge in [0.15, 0.2) is 11.5 Å². The van der Waals surface area contributed by atoms with Crippen molar-refractivity contribution < 1.29 is 9.47 Å². The molecular formula is C14H21NO2. The molecule has 2 rings (SSSR count). The number of rotatable bonds is 4. The highest BCUT2D eigenvalue weighted by Gasteiger charge is 2.20. The van der Waals surface area contributed by atoms with Crippen molar-refractivity contribution in [1.82, 2.24) is 0 Å². The lowest BCUT2D eigenvalue weighted by Gasteiger charge is -2.25. The van der Waals surface area contributed by atoms with E-state index in [1.54, 1.807) is 0 Å². The zero-order valence-electron chi connectivity index (χ0n) is 10.7. The third-order valence-corrected chi connectivity index (χ3v) is 3.07. The lowest BCUT2D eigenvalue weighted by molar-refractivity contribution is 0.169. The molecule has 3 heteroatoms. The molecule has 3 nitrogen and oxygen atoms in total. The fraction of sp³-hybridized carbons (Fsp3) is 0.571. The van der Waals surface area contributed by atoms with Gasteiger partial charge >= 0.3 is 0 Å². The van der Waals surface area contributed by atoms with Crippen LogP contribution < -0.4 is 15.2 Å². The van der Waals surface area contributed by atoms with Crippen molar-refractivity contribution in [2.24, 2.45) is 5.73 Å². The third-order valence-electron chi connectivity index (χ3n) is 3.07. The fourth-order valence-electron chi connectivity index (χ4n) is 2.32. The SMILES string of the molecule is CC(C)c1c(CCCN)ccc2c1OCCO2. The number of fused-ring (bicyclic) bond motifs is 1. The van der Waals surface area contributed by atoms with Crippen LogP contribution in [0.4, 0.5) is 0 Å². The van der Waals surface area contributed by atoms with Crippen molar-refractivity contribution in [3.05, 3.63) is 23.3 Å². The molecule has 0 bridgehead atoms. The topological polar surface area (TPSA) is 44.5 Å². The summed E-state index contributed by atoms with van der Waals surface area (Å²) in [7, 11) is 0. The minimum atomic E-state index is 0.444. The molecule has 0 saturated heterocycles. The maximum Gasteiger partial charge on any atom is 0.165 e. The van der Waals surface area contributed by atoms with Gasteiger partial charge in [0.05, 0.1) is 0 Å². The molecule has 0 unspecified atom stereocenters. The molecule has 17 heavy (non-hydrogen) atoms. The Morgan fingerprint density at radius 1 is 1.24 bits per heavy atom. The average Bonchev–Trinajstić information content (AvgIpc) is 2.35. The Kier molecular flexibility index (Phi) is 3.89. The number of hydrogen-bond acceptors (Lipinski definition) is 3. The molecule has 0 amide bonds. The van der Waals surface area contributed by atoms with Crippen molar-refractivity contribution in [1.29, 1.82) is 0 Å². The maximum atomic E-state index is 5.78. The van der Waals surface area contributed by atoms with Crippen LogP contribution in [0.25, 0.3) is 0 Å². The van der Waals surface area contributed by atoms with Crippen molar-refractivity contribution in [2.75, 3.05) is 19.8 Å².